The number of hydrogen-bond acceptors (Lipinski definition) is 2. The van der Waals surface area contributed by atoms with Crippen LogP contribution in [0.2, 0.25) is 0 Å². The fraction of sp³-hybridized carbons (Fsp3) is 0.636. The largest absolute Gasteiger partial charge is 0.312 e. The molecular formula is C11H15NS. The Kier molecular flexibility index (Phi) is 1.59. The molecule has 1 spiro atoms. The van der Waals surface area contributed by atoms with Crippen molar-refractivity contribution >= 4 is 11.3 Å². The second kappa shape index (κ2) is 2.58. The van der Waals surface area contributed by atoms with Crippen molar-refractivity contribution in [3.63, 3.8) is 0 Å². The maximum absolute atomic E-state index is 3.51. The van der Waals surface area contributed by atoms with E-state index < -0.39 is 0 Å². The Morgan fingerprint density at radius 3 is 3.00 bits per heavy atom. The Balaban J connectivity index is 2.04. The normalized spacial score (nSPS) is 28.8. The monoisotopic (exact) mass is 193 g/mol. The second-order valence-corrected chi connectivity index (χ2v) is 5.34. The molecule has 1 aromatic rings. The number of hydrogen-bond donors (Lipinski definition) is 1. The number of fused-ring (bicyclic) bond motifs is 1. The Labute approximate surface area is 83.2 Å². The average molecular weight is 193 g/mol. The van der Waals surface area contributed by atoms with Crippen LogP contribution in [0.4, 0.5) is 0 Å². The van der Waals surface area contributed by atoms with E-state index in [4.69, 9.17) is 0 Å². The molecule has 0 radical (unpaired) electrons. The molecule has 1 N–H and O–H groups in total. The molecule has 1 saturated carbocycles. The van der Waals surface area contributed by atoms with E-state index in [9.17, 15) is 0 Å². The first-order valence-corrected chi connectivity index (χ1v) is 5.97. The molecule has 1 unspecified atom stereocenters. The first-order chi connectivity index (χ1) is 6.36. The highest BCUT2D eigenvalue weighted by atomic mass is 32.1. The van der Waals surface area contributed by atoms with Crippen molar-refractivity contribution in [1.29, 1.82) is 0 Å². The van der Waals surface area contributed by atoms with E-state index in [0.717, 1.165) is 0 Å². The van der Waals surface area contributed by atoms with Crippen molar-refractivity contribution < 1.29 is 0 Å². The third kappa shape index (κ3) is 1.02. The highest BCUT2D eigenvalue weighted by Crippen LogP contribution is 2.61. The van der Waals surface area contributed by atoms with Gasteiger partial charge in [-0.1, -0.05) is 0 Å². The van der Waals surface area contributed by atoms with Crippen molar-refractivity contribution in [2.75, 3.05) is 7.05 Å². The van der Waals surface area contributed by atoms with Crippen LogP contribution in [0.5, 0.6) is 0 Å². The van der Waals surface area contributed by atoms with Gasteiger partial charge in [0, 0.05) is 10.9 Å². The molecule has 13 heavy (non-hydrogen) atoms. The van der Waals surface area contributed by atoms with Crippen LogP contribution in [0.25, 0.3) is 0 Å². The smallest absolute Gasteiger partial charge is 0.0472 e. The van der Waals surface area contributed by atoms with E-state index in [1.165, 1.54) is 25.7 Å². The van der Waals surface area contributed by atoms with Gasteiger partial charge in [0.2, 0.25) is 0 Å². The summed E-state index contributed by atoms with van der Waals surface area (Å²) in [5.74, 6) is 0. The lowest BCUT2D eigenvalue weighted by atomic mass is 9.82. The van der Waals surface area contributed by atoms with Gasteiger partial charge in [-0.25, -0.2) is 0 Å². The summed E-state index contributed by atoms with van der Waals surface area (Å²) in [4.78, 5) is 1.62. The molecule has 0 aliphatic heterocycles. The average Bonchev–Trinajstić information content (AvgIpc) is 2.76. The number of rotatable bonds is 1. The predicted octanol–water partition coefficient (Wildman–Crippen LogP) is 2.74. The lowest BCUT2D eigenvalue weighted by Gasteiger charge is -2.31. The number of aryl methyl sites for hydroxylation is 1. The summed E-state index contributed by atoms with van der Waals surface area (Å²) in [6, 6.07) is 2.97. The van der Waals surface area contributed by atoms with Gasteiger partial charge in [-0.15, -0.1) is 11.3 Å². The lowest BCUT2D eigenvalue weighted by Crippen LogP contribution is -2.30. The summed E-state index contributed by atoms with van der Waals surface area (Å²) in [5, 5.41) is 5.76. The van der Waals surface area contributed by atoms with E-state index in [1.807, 2.05) is 11.3 Å². The number of thiophene rings is 1. The molecule has 1 nitrogen and oxygen atoms in total. The van der Waals surface area contributed by atoms with Crippen molar-refractivity contribution in [3.05, 3.63) is 21.9 Å². The fourth-order valence-electron chi connectivity index (χ4n) is 2.75. The SMILES string of the molecule is CNC1c2sccc2CCC12CC2. The van der Waals surface area contributed by atoms with Crippen molar-refractivity contribution in [1.82, 2.24) is 5.32 Å². The maximum atomic E-state index is 3.51. The van der Waals surface area contributed by atoms with Gasteiger partial charge < -0.3 is 5.32 Å². The predicted molar refractivity (Wildman–Crippen MR) is 56.1 cm³/mol. The minimum atomic E-state index is 0.659. The highest BCUT2D eigenvalue weighted by molar-refractivity contribution is 7.10. The molecular weight excluding hydrogens is 178 g/mol. The summed E-state index contributed by atoms with van der Waals surface area (Å²) >= 11 is 1.94. The Bertz CT molecular complexity index is 325. The van der Waals surface area contributed by atoms with Crippen molar-refractivity contribution in [2.45, 2.75) is 31.7 Å². The van der Waals surface area contributed by atoms with Crippen LogP contribution in [0, 0.1) is 5.41 Å². The summed E-state index contributed by atoms with van der Waals surface area (Å²) in [6.07, 6.45) is 5.60. The van der Waals surface area contributed by atoms with Crippen molar-refractivity contribution in [3.8, 4) is 0 Å². The molecule has 1 heterocycles. The molecule has 1 atom stereocenters. The van der Waals surface area contributed by atoms with Crippen molar-refractivity contribution in [2.24, 2.45) is 5.41 Å². The molecule has 0 saturated heterocycles. The molecule has 0 bridgehead atoms. The van der Waals surface area contributed by atoms with Gasteiger partial charge in [-0.05, 0) is 55.2 Å². The summed E-state index contributed by atoms with van der Waals surface area (Å²) < 4.78 is 0. The van der Waals surface area contributed by atoms with E-state index >= 15 is 0 Å². The van der Waals surface area contributed by atoms with Gasteiger partial charge in [-0.3, -0.25) is 0 Å². The van der Waals surface area contributed by atoms with Gasteiger partial charge in [0.1, 0.15) is 0 Å². The molecule has 70 valence electrons. The summed E-state index contributed by atoms with van der Waals surface area (Å²) in [6.45, 7) is 0. The Hall–Kier alpha value is -0.340. The van der Waals surface area contributed by atoms with Crippen LogP contribution in [0.1, 0.15) is 35.7 Å². The zero-order valence-electron chi connectivity index (χ0n) is 7.97. The third-order valence-corrected chi connectivity index (χ3v) is 4.75. The molecule has 1 aromatic heterocycles. The van der Waals surface area contributed by atoms with E-state index in [2.05, 4.69) is 23.8 Å². The summed E-state index contributed by atoms with van der Waals surface area (Å²) in [5.41, 5.74) is 2.26. The van der Waals surface area contributed by atoms with Gasteiger partial charge in [0.15, 0.2) is 0 Å². The molecule has 2 aliphatic rings. The van der Waals surface area contributed by atoms with Gasteiger partial charge in [-0.2, -0.15) is 0 Å². The molecule has 0 amide bonds. The van der Waals surface area contributed by atoms with E-state index in [0.29, 0.717) is 11.5 Å². The van der Waals surface area contributed by atoms with Crippen LogP contribution >= 0.6 is 11.3 Å². The maximum Gasteiger partial charge on any atom is 0.0472 e. The Morgan fingerprint density at radius 1 is 1.46 bits per heavy atom. The zero-order valence-corrected chi connectivity index (χ0v) is 8.79. The van der Waals surface area contributed by atoms with Gasteiger partial charge in [0.05, 0.1) is 0 Å². The lowest BCUT2D eigenvalue weighted by molar-refractivity contribution is 0.318. The fourth-order valence-corrected chi connectivity index (χ4v) is 3.95. The molecule has 2 aliphatic carbocycles. The highest BCUT2D eigenvalue weighted by Gasteiger charge is 2.51. The van der Waals surface area contributed by atoms with E-state index in [-0.39, 0.29) is 0 Å². The van der Waals surface area contributed by atoms with Crippen LogP contribution in [-0.4, -0.2) is 7.05 Å². The molecule has 1 fully saturated rings. The topological polar surface area (TPSA) is 12.0 Å². The quantitative estimate of drug-likeness (QED) is 0.723. The molecule has 0 aromatic carbocycles. The molecule has 3 rings (SSSR count). The van der Waals surface area contributed by atoms with Gasteiger partial charge >= 0.3 is 0 Å². The van der Waals surface area contributed by atoms with Gasteiger partial charge in [0.25, 0.3) is 0 Å². The van der Waals surface area contributed by atoms with Crippen LogP contribution in [0.15, 0.2) is 11.4 Å². The number of nitrogens with one attached hydrogen (secondary N) is 1. The van der Waals surface area contributed by atoms with E-state index in [1.54, 1.807) is 10.4 Å². The van der Waals surface area contributed by atoms with Crippen LogP contribution in [0.3, 0.4) is 0 Å². The zero-order chi connectivity index (χ0) is 8.89. The standard InChI is InChI=1S/C11H15NS/c1-12-10-9-8(3-7-13-9)2-4-11(10)5-6-11/h3,7,10,12H,2,4-6H2,1H3. The van der Waals surface area contributed by atoms with Crippen LogP contribution < -0.4 is 5.32 Å². The minimum absolute atomic E-state index is 0.659. The third-order valence-electron chi connectivity index (χ3n) is 3.73. The first kappa shape index (κ1) is 8.01. The first-order valence-electron chi connectivity index (χ1n) is 5.09. The summed E-state index contributed by atoms with van der Waals surface area (Å²) in [7, 11) is 2.11. The van der Waals surface area contributed by atoms with Crippen LogP contribution in [-0.2, 0) is 6.42 Å². The minimum Gasteiger partial charge on any atom is -0.312 e. The Morgan fingerprint density at radius 2 is 2.31 bits per heavy atom. The molecule has 2 heteroatoms. The second-order valence-electron chi connectivity index (χ2n) is 4.39.